The van der Waals surface area contributed by atoms with Gasteiger partial charge in [0.2, 0.25) is 0 Å². The van der Waals surface area contributed by atoms with E-state index in [9.17, 15) is 0 Å². The van der Waals surface area contributed by atoms with Gasteiger partial charge in [-0.05, 0) is 36.5 Å². The van der Waals surface area contributed by atoms with Gasteiger partial charge in [0.1, 0.15) is 0 Å². The summed E-state index contributed by atoms with van der Waals surface area (Å²) in [5.74, 6) is 0.642. The quantitative estimate of drug-likeness (QED) is 0.630. The van der Waals surface area contributed by atoms with Gasteiger partial charge in [0.15, 0.2) is 0 Å². The van der Waals surface area contributed by atoms with E-state index in [1.165, 1.54) is 17.5 Å². The maximum atomic E-state index is 4.11. The molecule has 11 heavy (non-hydrogen) atoms. The van der Waals surface area contributed by atoms with Crippen LogP contribution in [-0.2, 0) is 0 Å². The van der Waals surface area contributed by atoms with E-state index in [0.717, 1.165) is 0 Å². The first-order chi connectivity index (χ1) is 5.25. The monoisotopic (exact) mass is 149 g/mol. The van der Waals surface area contributed by atoms with Crippen molar-refractivity contribution in [1.82, 2.24) is 4.98 Å². The highest BCUT2D eigenvalue weighted by Gasteiger charge is 2.04. The van der Waals surface area contributed by atoms with Gasteiger partial charge in [0, 0.05) is 12.4 Å². The number of hydrogen-bond acceptors (Lipinski definition) is 1. The van der Waals surface area contributed by atoms with Crippen LogP contribution in [0.3, 0.4) is 0 Å². The summed E-state index contributed by atoms with van der Waals surface area (Å²) in [7, 11) is 0. The number of hydrogen-bond donors (Lipinski definition) is 0. The van der Waals surface area contributed by atoms with E-state index in [4.69, 9.17) is 0 Å². The second-order valence-electron chi connectivity index (χ2n) is 3.04. The Labute approximate surface area is 68.5 Å². The van der Waals surface area contributed by atoms with Crippen molar-refractivity contribution < 1.29 is 0 Å². The van der Waals surface area contributed by atoms with Crippen LogP contribution in [0.15, 0.2) is 18.5 Å². The average Bonchev–Trinajstić information content (AvgIpc) is 2.04. The van der Waals surface area contributed by atoms with Crippen LogP contribution in [0.2, 0.25) is 0 Å². The van der Waals surface area contributed by atoms with Gasteiger partial charge < -0.3 is 0 Å². The molecule has 1 unspecified atom stereocenters. The molecule has 1 aromatic heterocycles. The lowest BCUT2D eigenvalue weighted by atomic mass is 9.97. The summed E-state index contributed by atoms with van der Waals surface area (Å²) >= 11 is 0. The summed E-state index contributed by atoms with van der Waals surface area (Å²) in [6.07, 6.45) is 5.01. The Balaban J connectivity index is 2.93. The molecule has 0 aliphatic rings. The number of rotatable bonds is 2. The van der Waals surface area contributed by atoms with Crippen molar-refractivity contribution in [2.24, 2.45) is 0 Å². The lowest BCUT2D eigenvalue weighted by Crippen LogP contribution is -1.95. The molecule has 1 heteroatoms. The van der Waals surface area contributed by atoms with Crippen molar-refractivity contribution in [3.63, 3.8) is 0 Å². The third-order valence-electron chi connectivity index (χ3n) is 2.22. The third-order valence-corrected chi connectivity index (χ3v) is 2.22. The summed E-state index contributed by atoms with van der Waals surface area (Å²) < 4.78 is 0. The van der Waals surface area contributed by atoms with E-state index in [0.29, 0.717) is 5.92 Å². The van der Waals surface area contributed by atoms with Gasteiger partial charge >= 0.3 is 0 Å². The van der Waals surface area contributed by atoms with Crippen molar-refractivity contribution in [2.45, 2.75) is 33.1 Å². The van der Waals surface area contributed by atoms with E-state index < -0.39 is 0 Å². The first kappa shape index (κ1) is 8.25. The van der Waals surface area contributed by atoms with Crippen molar-refractivity contribution in [1.29, 1.82) is 0 Å². The van der Waals surface area contributed by atoms with Gasteiger partial charge in [-0.15, -0.1) is 0 Å². The first-order valence-electron chi connectivity index (χ1n) is 4.16. The first-order valence-corrected chi connectivity index (χ1v) is 4.16. The number of pyridine rings is 1. The maximum absolute atomic E-state index is 4.11. The molecule has 1 rings (SSSR count). The van der Waals surface area contributed by atoms with Crippen LogP contribution in [0, 0.1) is 6.92 Å². The van der Waals surface area contributed by atoms with Crippen molar-refractivity contribution in [3.05, 3.63) is 29.6 Å². The molecule has 1 nitrogen and oxygen atoms in total. The van der Waals surface area contributed by atoms with Crippen LogP contribution >= 0.6 is 0 Å². The molecule has 0 radical (unpaired) electrons. The molecule has 0 aromatic carbocycles. The molecule has 0 fully saturated rings. The summed E-state index contributed by atoms with van der Waals surface area (Å²) in [6, 6.07) is 2.07. The molecular weight excluding hydrogens is 134 g/mol. The number of aryl methyl sites for hydroxylation is 1. The summed E-state index contributed by atoms with van der Waals surface area (Å²) in [5.41, 5.74) is 2.74. The molecule has 0 spiro atoms. The van der Waals surface area contributed by atoms with Gasteiger partial charge in [0.25, 0.3) is 0 Å². The molecule has 0 saturated carbocycles. The van der Waals surface area contributed by atoms with Gasteiger partial charge in [-0.25, -0.2) is 0 Å². The molecule has 0 aliphatic heterocycles. The number of nitrogens with zero attached hydrogens (tertiary/aromatic N) is 1. The summed E-state index contributed by atoms with van der Waals surface area (Å²) in [4.78, 5) is 4.11. The molecule has 1 heterocycles. The van der Waals surface area contributed by atoms with Gasteiger partial charge in [-0.3, -0.25) is 4.98 Å². The fourth-order valence-electron chi connectivity index (χ4n) is 1.21. The maximum Gasteiger partial charge on any atom is 0.0305 e. The van der Waals surface area contributed by atoms with Crippen LogP contribution in [0.5, 0.6) is 0 Å². The lowest BCUT2D eigenvalue weighted by Gasteiger charge is -2.10. The van der Waals surface area contributed by atoms with Crippen molar-refractivity contribution in [2.75, 3.05) is 0 Å². The highest BCUT2D eigenvalue weighted by atomic mass is 14.6. The molecular formula is C10H15N. The predicted molar refractivity (Wildman–Crippen MR) is 47.7 cm³/mol. The fraction of sp³-hybridized carbons (Fsp3) is 0.500. The Bertz CT molecular complexity index is 230. The van der Waals surface area contributed by atoms with Crippen LogP contribution in [0.1, 0.15) is 37.3 Å². The topological polar surface area (TPSA) is 12.9 Å². The standard InChI is InChI=1S/C10H15N/c1-4-8(2)10-7-11-6-5-9(10)3/h5-8H,4H2,1-3H3. The average molecular weight is 149 g/mol. The molecule has 0 N–H and O–H groups in total. The van der Waals surface area contributed by atoms with Crippen LogP contribution in [0.25, 0.3) is 0 Å². The minimum absolute atomic E-state index is 0.642. The summed E-state index contributed by atoms with van der Waals surface area (Å²) in [5, 5.41) is 0. The fourth-order valence-corrected chi connectivity index (χ4v) is 1.21. The molecule has 0 amide bonds. The molecule has 0 bridgehead atoms. The smallest absolute Gasteiger partial charge is 0.0305 e. The van der Waals surface area contributed by atoms with Crippen LogP contribution in [-0.4, -0.2) is 4.98 Å². The highest BCUT2D eigenvalue weighted by molar-refractivity contribution is 5.24. The lowest BCUT2D eigenvalue weighted by molar-refractivity contribution is 0.724. The Kier molecular flexibility index (Phi) is 2.64. The van der Waals surface area contributed by atoms with Crippen molar-refractivity contribution >= 4 is 0 Å². The Morgan fingerprint density at radius 2 is 2.27 bits per heavy atom. The van der Waals surface area contributed by atoms with Gasteiger partial charge in [-0.2, -0.15) is 0 Å². The Hall–Kier alpha value is -0.850. The van der Waals surface area contributed by atoms with E-state index in [1.54, 1.807) is 0 Å². The zero-order valence-electron chi connectivity index (χ0n) is 7.46. The largest absolute Gasteiger partial charge is 0.264 e. The van der Waals surface area contributed by atoms with Crippen LogP contribution in [0.4, 0.5) is 0 Å². The SMILES string of the molecule is CCC(C)c1cnccc1C. The molecule has 0 saturated heterocycles. The van der Waals surface area contributed by atoms with Crippen molar-refractivity contribution in [3.8, 4) is 0 Å². The normalized spacial score (nSPS) is 13.0. The third kappa shape index (κ3) is 1.79. The Morgan fingerprint density at radius 3 is 2.82 bits per heavy atom. The van der Waals surface area contributed by atoms with Gasteiger partial charge in [-0.1, -0.05) is 13.8 Å². The summed E-state index contributed by atoms with van der Waals surface area (Å²) in [6.45, 7) is 6.59. The molecule has 1 atom stereocenters. The Morgan fingerprint density at radius 1 is 1.55 bits per heavy atom. The molecule has 60 valence electrons. The predicted octanol–water partition coefficient (Wildman–Crippen LogP) is 2.90. The van der Waals surface area contributed by atoms with Gasteiger partial charge in [0.05, 0.1) is 0 Å². The minimum Gasteiger partial charge on any atom is -0.264 e. The zero-order valence-corrected chi connectivity index (χ0v) is 7.46. The van der Waals surface area contributed by atoms with E-state index in [2.05, 4.69) is 31.8 Å². The minimum atomic E-state index is 0.642. The van der Waals surface area contributed by atoms with E-state index >= 15 is 0 Å². The zero-order chi connectivity index (χ0) is 8.27. The molecule has 1 aromatic rings. The molecule has 0 aliphatic carbocycles. The highest BCUT2D eigenvalue weighted by Crippen LogP contribution is 2.20. The second-order valence-corrected chi connectivity index (χ2v) is 3.04. The van der Waals surface area contributed by atoms with E-state index in [-0.39, 0.29) is 0 Å². The van der Waals surface area contributed by atoms with Crippen LogP contribution < -0.4 is 0 Å². The number of aromatic nitrogens is 1. The second kappa shape index (κ2) is 3.51. The van der Waals surface area contributed by atoms with E-state index in [1.807, 2.05) is 12.4 Å².